The predicted octanol–water partition coefficient (Wildman–Crippen LogP) is 12.0. The van der Waals surface area contributed by atoms with E-state index in [1.54, 1.807) is 12.1 Å². The second kappa shape index (κ2) is 12.7. The number of nitrogens with zero attached hydrogens (tertiary/aromatic N) is 3. The van der Waals surface area contributed by atoms with Gasteiger partial charge in [0.15, 0.2) is 28.8 Å². The van der Waals surface area contributed by atoms with Gasteiger partial charge in [0.05, 0.1) is 28.0 Å². The van der Waals surface area contributed by atoms with Gasteiger partial charge < -0.3 is 20.4 Å². The lowest BCUT2D eigenvalue weighted by Gasteiger charge is -2.18. The molecule has 0 saturated carbocycles. The molecule has 7 heteroatoms. The molecule has 0 radical (unpaired) electrons. The van der Waals surface area contributed by atoms with Crippen LogP contribution in [0.1, 0.15) is 35.0 Å². The van der Waals surface area contributed by atoms with Gasteiger partial charge in [-0.05, 0) is 74.8 Å². The summed E-state index contributed by atoms with van der Waals surface area (Å²) in [6.45, 7) is 7.60. The van der Waals surface area contributed by atoms with E-state index in [0.717, 1.165) is 50.9 Å². The summed E-state index contributed by atoms with van der Waals surface area (Å²) in [4.78, 5) is 11.0. The zero-order chi connectivity index (χ0) is 40.3. The number of aromatic nitrogens is 3. The molecule has 4 N–H and O–H groups in total. The fraction of sp³-hybridized carbons (Fsp3) is 0.0769. The number of aromatic hydroxyl groups is 4. The van der Waals surface area contributed by atoms with E-state index in [9.17, 15) is 20.4 Å². The highest BCUT2D eigenvalue weighted by molar-refractivity contribution is 6.27. The maximum atomic E-state index is 10.9. The molecule has 0 spiro atoms. The molecule has 2 aliphatic rings. The quantitative estimate of drug-likeness (QED) is 0.102. The van der Waals surface area contributed by atoms with Gasteiger partial charge in [-0.1, -0.05) is 128 Å². The van der Waals surface area contributed by atoms with Gasteiger partial charge in [-0.3, -0.25) is 4.57 Å². The van der Waals surface area contributed by atoms with Gasteiger partial charge in [0, 0.05) is 40.3 Å². The summed E-state index contributed by atoms with van der Waals surface area (Å²) in [6.07, 6.45) is 7.34. The van der Waals surface area contributed by atoms with Crippen LogP contribution in [-0.2, 0) is 12.8 Å². The Hall–Kier alpha value is -7.64. The lowest BCUT2D eigenvalue weighted by Crippen LogP contribution is -2.08. The van der Waals surface area contributed by atoms with E-state index in [4.69, 9.17) is 9.97 Å². The lowest BCUT2D eigenvalue weighted by molar-refractivity contribution is 0.371. The number of benzene rings is 7. The van der Waals surface area contributed by atoms with E-state index >= 15 is 0 Å². The first-order chi connectivity index (χ1) is 28.8. The first-order valence-corrected chi connectivity index (χ1v) is 19.7. The Bertz CT molecular complexity index is 3380. The standard InChI is InChI=1S/C52H37N3O4/c1-4-12-31-25-40-46(32(31)5-2)54-45(30-21-19-29(20-22-30)42-50(58)48(56)27(3)49(57)51(42)59)52(53-40)55-41-18-11-10-17-37(41)44-35-16-9-8-15-34(35)43-36-24-23-28-13-6-7-14-33(28)38(36)26-39(43)47(44)55/h4-24,56-59H,2,25-26H2,1,3H3/b12-4-. The smallest absolute Gasteiger partial charge is 0.169 e. The van der Waals surface area contributed by atoms with Crippen LogP contribution in [0, 0.1) is 6.92 Å². The van der Waals surface area contributed by atoms with Crippen molar-refractivity contribution in [3.05, 3.63) is 168 Å². The van der Waals surface area contributed by atoms with Crippen molar-refractivity contribution >= 4 is 48.9 Å². The maximum Gasteiger partial charge on any atom is 0.169 e. The van der Waals surface area contributed by atoms with Gasteiger partial charge in [-0.2, -0.15) is 0 Å². The molecule has 59 heavy (non-hydrogen) atoms. The van der Waals surface area contributed by atoms with E-state index in [1.165, 1.54) is 56.1 Å². The number of phenolic OH excluding ortho intramolecular Hbond substituents is 4. The normalized spacial score (nSPS) is 13.3. The van der Waals surface area contributed by atoms with Crippen LogP contribution in [0.15, 0.2) is 140 Å². The molecular weight excluding hydrogens is 731 g/mol. The molecule has 7 aromatic carbocycles. The minimum atomic E-state index is -0.513. The van der Waals surface area contributed by atoms with Crippen LogP contribution in [0.4, 0.5) is 0 Å². The molecule has 0 aliphatic heterocycles. The molecule has 0 amide bonds. The third-order valence-electron chi connectivity index (χ3n) is 12.4. The van der Waals surface area contributed by atoms with Gasteiger partial charge in [0.2, 0.25) is 0 Å². The van der Waals surface area contributed by atoms with Crippen molar-refractivity contribution in [1.29, 1.82) is 0 Å². The molecule has 284 valence electrons. The number of hydrogen-bond acceptors (Lipinski definition) is 6. The first-order valence-electron chi connectivity index (χ1n) is 19.7. The second-order valence-electron chi connectivity index (χ2n) is 15.4. The van der Waals surface area contributed by atoms with Crippen LogP contribution in [0.5, 0.6) is 23.0 Å². The number of rotatable bonds is 5. The molecule has 9 aromatic rings. The average molecular weight is 768 g/mol. The Balaban J connectivity index is 1.23. The summed E-state index contributed by atoms with van der Waals surface area (Å²) in [5.41, 5.74) is 12.5. The highest BCUT2D eigenvalue weighted by atomic mass is 16.3. The van der Waals surface area contributed by atoms with E-state index in [-0.39, 0.29) is 11.1 Å². The Morgan fingerprint density at radius 3 is 2.02 bits per heavy atom. The van der Waals surface area contributed by atoms with Gasteiger partial charge in [-0.15, -0.1) is 0 Å². The minimum absolute atomic E-state index is 0.0106. The summed E-state index contributed by atoms with van der Waals surface area (Å²) in [5.74, 6) is -1.33. The van der Waals surface area contributed by atoms with Crippen LogP contribution in [0.25, 0.3) is 88.3 Å². The number of hydrogen-bond donors (Lipinski definition) is 4. The summed E-state index contributed by atoms with van der Waals surface area (Å²) in [6, 6.07) is 37.6. The van der Waals surface area contributed by atoms with Crippen molar-refractivity contribution in [2.24, 2.45) is 0 Å². The van der Waals surface area contributed by atoms with Crippen molar-refractivity contribution in [2.45, 2.75) is 26.7 Å². The second-order valence-corrected chi connectivity index (χ2v) is 15.4. The van der Waals surface area contributed by atoms with Gasteiger partial charge >= 0.3 is 0 Å². The maximum absolute atomic E-state index is 10.9. The fourth-order valence-electron chi connectivity index (χ4n) is 9.67. The lowest BCUT2D eigenvalue weighted by atomic mass is 9.93. The van der Waals surface area contributed by atoms with Gasteiger partial charge in [-0.25, -0.2) is 9.97 Å². The number of fused-ring (bicyclic) bond motifs is 13. The third kappa shape index (κ3) is 4.76. The fourth-order valence-corrected chi connectivity index (χ4v) is 9.67. The Labute approximate surface area is 339 Å². The highest BCUT2D eigenvalue weighted by Gasteiger charge is 2.32. The summed E-state index contributed by atoms with van der Waals surface area (Å²) in [5, 5.41) is 50.2. The van der Waals surface area contributed by atoms with Crippen LogP contribution in [0.3, 0.4) is 0 Å². The molecular formula is C52H37N3O4. The van der Waals surface area contributed by atoms with E-state index in [2.05, 4.69) is 102 Å². The predicted molar refractivity (Wildman–Crippen MR) is 238 cm³/mol. The average Bonchev–Trinajstić information content (AvgIpc) is 3.94. The van der Waals surface area contributed by atoms with Gasteiger partial charge in [0.25, 0.3) is 0 Å². The zero-order valence-corrected chi connectivity index (χ0v) is 32.4. The van der Waals surface area contributed by atoms with Crippen molar-refractivity contribution in [2.75, 3.05) is 0 Å². The topological polar surface area (TPSA) is 112 Å². The number of allylic oxidation sites excluding steroid dienone is 5. The summed E-state index contributed by atoms with van der Waals surface area (Å²) < 4.78 is 2.31. The van der Waals surface area contributed by atoms with Crippen LogP contribution < -0.4 is 0 Å². The largest absolute Gasteiger partial charge is 0.504 e. The van der Waals surface area contributed by atoms with E-state index in [0.29, 0.717) is 23.5 Å². The van der Waals surface area contributed by atoms with Crippen LogP contribution in [0.2, 0.25) is 0 Å². The minimum Gasteiger partial charge on any atom is -0.504 e. The zero-order valence-electron chi connectivity index (χ0n) is 32.4. The van der Waals surface area contributed by atoms with E-state index < -0.39 is 23.0 Å². The van der Waals surface area contributed by atoms with Crippen molar-refractivity contribution in [3.63, 3.8) is 0 Å². The summed E-state index contributed by atoms with van der Waals surface area (Å²) >= 11 is 0. The van der Waals surface area contributed by atoms with E-state index in [1.807, 2.05) is 31.2 Å². The van der Waals surface area contributed by atoms with Gasteiger partial charge in [0.1, 0.15) is 5.69 Å². The number of para-hydroxylation sites is 1. The molecule has 0 fully saturated rings. The highest BCUT2D eigenvalue weighted by Crippen LogP contribution is 2.53. The van der Waals surface area contributed by atoms with Crippen molar-refractivity contribution < 1.29 is 20.4 Å². The Morgan fingerprint density at radius 1 is 0.627 bits per heavy atom. The molecule has 0 unspecified atom stereocenters. The Kier molecular flexibility index (Phi) is 7.44. The van der Waals surface area contributed by atoms with Crippen molar-refractivity contribution in [3.8, 4) is 62.3 Å². The van der Waals surface area contributed by atoms with Crippen molar-refractivity contribution in [1.82, 2.24) is 14.5 Å². The SMILES string of the molecule is C=CC1=C(/C=C\C)Cc2nc(-n3c4ccccc4c4c5ccccc5c5c(c43)Cc3c-5ccc4ccccc34)c(-c3ccc(-c4c(O)c(O)c(C)c(O)c4O)cc3)nc21. The van der Waals surface area contributed by atoms with Crippen LogP contribution in [-0.4, -0.2) is 35.0 Å². The molecule has 7 nitrogen and oxygen atoms in total. The molecule has 0 saturated heterocycles. The Morgan fingerprint density at radius 2 is 1.29 bits per heavy atom. The first kappa shape index (κ1) is 34.6. The third-order valence-corrected chi connectivity index (χ3v) is 12.4. The molecule has 0 bridgehead atoms. The molecule has 2 aliphatic carbocycles. The molecule has 2 aromatic heterocycles. The number of phenols is 4. The molecule has 2 heterocycles. The summed E-state index contributed by atoms with van der Waals surface area (Å²) in [7, 11) is 0. The van der Waals surface area contributed by atoms with Crippen LogP contribution >= 0.6 is 0 Å². The molecule has 11 rings (SSSR count). The molecule has 0 atom stereocenters. The monoisotopic (exact) mass is 767 g/mol.